The van der Waals surface area contributed by atoms with E-state index in [1.165, 1.54) is 0 Å². The van der Waals surface area contributed by atoms with Crippen LogP contribution < -0.4 is 0 Å². The zero-order chi connectivity index (χ0) is 13.3. The molecule has 1 N–H and O–H groups in total. The number of hydrogen-bond donors (Lipinski definition) is 1. The predicted molar refractivity (Wildman–Crippen MR) is 69.2 cm³/mol. The molecule has 0 aromatic carbocycles. The summed E-state index contributed by atoms with van der Waals surface area (Å²) in [6.07, 6.45) is 3.22. The maximum atomic E-state index is 10.6. The Bertz CT molecular complexity index is 402. The second-order valence-corrected chi connectivity index (χ2v) is 6.30. The highest BCUT2D eigenvalue weighted by atomic mass is 16.5. The molecule has 2 rings (SSSR count). The van der Waals surface area contributed by atoms with Gasteiger partial charge in [-0.2, -0.15) is 4.98 Å². The molecule has 1 fully saturated rings. The topological polar surface area (TPSA) is 59.2 Å². The van der Waals surface area contributed by atoms with Crippen LogP contribution in [0.3, 0.4) is 0 Å². The van der Waals surface area contributed by atoms with Crippen LogP contribution in [0.15, 0.2) is 4.52 Å². The fourth-order valence-corrected chi connectivity index (χ4v) is 2.70. The van der Waals surface area contributed by atoms with Crippen molar-refractivity contribution in [3.05, 3.63) is 11.7 Å². The number of aromatic nitrogens is 2. The molecule has 102 valence electrons. The Kier molecular flexibility index (Phi) is 3.76. The molecule has 18 heavy (non-hydrogen) atoms. The smallest absolute Gasteiger partial charge is 0.229 e. The van der Waals surface area contributed by atoms with Crippen molar-refractivity contribution in [2.75, 3.05) is 0 Å². The highest BCUT2D eigenvalue weighted by molar-refractivity contribution is 4.98. The van der Waals surface area contributed by atoms with Crippen LogP contribution in [0.25, 0.3) is 0 Å². The van der Waals surface area contributed by atoms with Gasteiger partial charge in [-0.25, -0.2) is 0 Å². The van der Waals surface area contributed by atoms with Gasteiger partial charge in [0, 0.05) is 5.92 Å². The van der Waals surface area contributed by atoms with E-state index >= 15 is 0 Å². The molecular formula is C14H24N2O2. The molecule has 0 spiro atoms. The van der Waals surface area contributed by atoms with Crippen LogP contribution >= 0.6 is 0 Å². The molecule has 1 aliphatic carbocycles. The number of hydrogen-bond acceptors (Lipinski definition) is 4. The van der Waals surface area contributed by atoms with Crippen molar-refractivity contribution in [2.24, 2.45) is 11.8 Å². The van der Waals surface area contributed by atoms with Gasteiger partial charge in [0.05, 0.1) is 12.0 Å². The molecule has 0 saturated heterocycles. The monoisotopic (exact) mass is 252 g/mol. The SMILES string of the molecule is CC(C)c1noc(C[C@]2(O)CC[C@H](C)[C@H](C)C2)n1. The van der Waals surface area contributed by atoms with E-state index in [2.05, 4.69) is 24.0 Å². The molecule has 0 unspecified atom stereocenters. The lowest BCUT2D eigenvalue weighted by Crippen LogP contribution is -2.39. The van der Waals surface area contributed by atoms with E-state index in [1.54, 1.807) is 0 Å². The summed E-state index contributed by atoms with van der Waals surface area (Å²) in [5, 5.41) is 14.6. The first-order valence-electron chi connectivity index (χ1n) is 6.94. The van der Waals surface area contributed by atoms with Gasteiger partial charge in [0.25, 0.3) is 0 Å². The maximum absolute atomic E-state index is 10.6. The van der Waals surface area contributed by atoms with Crippen molar-refractivity contribution in [2.45, 2.75) is 64.9 Å². The summed E-state index contributed by atoms with van der Waals surface area (Å²) in [6, 6.07) is 0. The Morgan fingerprint density at radius 3 is 2.67 bits per heavy atom. The van der Waals surface area contributed by atoms with E-state index in [-0.39, 0.29) is 5.92 Å². The Balaban J connectivity index is 2.03. The van der Waals surface area contributed by atoms with Crippen molar-refractivity contribution in [3.8, 4) is 0 Å². The minimum atomic E-state index is -0.660. The minimum absolute atomic E-state index is 0.266. The summed E-state index contributed by atoms with van der Waals surface area (Å²) in [5.41, 5.74) is -0.660. The van der Waals surface area contributed by atoms with E-state index in [1.807, 2.05) is 13.8 Å². The second kappa shape index (κ2) is 5.00. The molecular weight excluding hydrogens is 228 g/mol. The van der Waals surface area contributed by atoms with Gasteiger partial charge in [0.2, 0.25) is 5.89 Å². The standard InChI is InChI=1S/C14H24N2O2/c1-9(2)13-15-12(18-16-13)8-14(17)6-5-10(3)11(4)7-14/h9-11,17H,5-8H2,1-4H3/t10-,11+,14-/m0/s1. The molecule has 0 aliphatic heterocycles. The normalized spacial score (nSPS) is 33.0. The number of rotatable bonds is 3. The summed E-state index contributed by atoms with van der Waals surface area (Å²) in [5.74, 6) is 2.81. The first kappa shape index (κ1) is 13.5. The fourth-order valence-electron chi connectivity index (χ4n) is 2.70. The van der Waals surface area contributed by atoms with Gasteiger partial charge in [-0.05, 0) is 31.1 Å². The Labute approximate surface area is 109 Å². The van der Waals surface area contributed by atoms with Gasteiger partial charge in [-0.3, -0.25) is 0 Å². The summed E-state index contributed by atoms with van der Waals surface area (Å²) in [4.78, 5) is 4.36. The van der Waals surface area contributed by atoms with Crippen molar-refractivity contribution in [3.63, 3.8) is 0 Å². The van der Waals surface area contributed by atoms with Gasteiger partial charge in [-0.15, -0.1) is 0 Å². The Morgan fingerprint density at radius 1 is 1.39 bits per heavy atom. The van der Waals surface area contributed by atoms with Gasteiger partial charge < -0.3 is 9.63 Å². The molecule has 0 amide bonds. The predicted octanol–water partition coefficient (Wildman–Crippen LogP) is 2.92. The summed E-state index contributed by atoms with van der Waals surface area (Å²) < 4.78 is 5.23. The second-order valence-electron chi connectivity index (χ2n) is 6.30. The minimum Gasteiger partial charge on any atom is -0.389 e. The first-order valence-corrected chi connectivity index (χ1v) is 6.94. The van der Waals surface area contributed by atoms with E-state index in [4.69, 9.17) is 4.52 Å². The van der Waals surface area contributed by atoms with Crippen LogP contribution in [0.5, 0.6) is 0 Å². The average molecular weight is 252 g/mol. The van der Waals surface area contributed by atoms with E-state index in [9.17, 15) is 5.11 Å². The van der Waals surface area contributed by atoms with E-state index in [0.717, 1.165) is 25.1 Å². The van der Waals surface area contributed by atoms with Gasteiger partial charge in [-0.1, -0.05) is 32.9 Å². The fraction of sp³-hybridized carbons (Fsp3) is 0.857. The summed E-state index contributed by atoms with van der Waals surface area (Å²) >= 11 is 0. The van der Waals surface area contributed by atoms with Crippen molar-refractivity contribution >= 4 is 0 Å². The highest BCUT2D eigenvalue weighted by Gasteiger charge is 2.37. The molecule has 3 atom stereocenters. The van der Waals surface area contributed by atoms with Gasteiger partial charge in [0.15, 0.2) is 5.82 Å². The lowest BCUT2D eigenvalue weighted by molar-refractivity contribution is -0.0329. The zero-order valence-corrected chi connectivity index (χ0v) is 11.8. The molecule has 1 aromatic heterocycles. The van der Waals surface area contributed by atoms with Crippen LogP contribution in [-0.2, 0) is 6.42 Å². The molecule has 0 bridgehead atoms. The third kappa shape index (κ3) is 2.91. The largest absolute Gasteiger partial charge is 0.389 e. The van der Waals surface area contributed by atoms with Crippen molar-refractivity contribution < 1.29 is 9.63 Å². The molecule has 4 nitrogen and oxygen atoms in total. The molecule has 4 heteroatoms. The quantitative estimate of drug-likeness (QED) is 0.898. The number of nitrogens with zero attached hydrogens (tertiary/aromatic N) is 2. The molecule has 0 radical (unpaired) electrons. The third-order valence-electron chi connectivity index (χ3n) is 4.22. The highest BCUT2D eigenvalue weighted by Crippen LogP contribution is 2.37. The van der Waals surface area contributed by atoms with Crippen LogP contribution in [0.2, 0.25) is 0 Å². The van der Waals surface area contributed by atoms with E-state index < -0.39 is 5.60 Å². The number of aliphatic hydroxyl groups is 1. The van der Waals surface area contributed by atoms with Gasteiger partial charge in [0.1, 0.15) is 0 Å². The molecule has 1 saturated carbocycles. The van der Waals surface area contributed by atoms with Crippen LogP contribution in [-0.4, -0.2) is 20.8 Å². The van der Waals surface area contributed by atoms with Crippen molar-refractivity contribution in [1.82, 2.24) is 10.1 Å². The lowest BCUT2D eigenvalue weighted by Gasteiger charge is -2.38. The molecule has 1 heterocycles. The molecule has 1 aliphatic rings. The van der Waals surface area contributed by atoms with Crippen LogP contribution in [0, 0.1) is 11.8 Å². The Hall–Kier alpha value is -0.900. The molecule has 1 aromatic rings. The third-order valence-corrected chi connectivity index (χ3v) is 4.22. The Morgan fingerprint density at radius 2 is 2.11 bits per heavy atom. The zero-order valence-electron chi connectivity index (χ0n) is 11.8. The average Bonchev–Trinajstić information content (AvgIpc) is 2.72. The summed E-state index contributed by atoms with van der Waals surface area (Å²) in [6.45, 7) is 8.54. The van der Waals surface area contributed by atoms with Gasteiger partial charge >= 0.3 is 0 Å². The first-order chi connectivity index (χ1) is 8.39. The maximum Gasteiger partial charge on any atom is 0.229 e. The van der Waals surface area contributed by atoms with Crippen LogP contribution in [0.1, 0.15) is 64.6 Å². The summed E-state index contributed by atoms with van der Waals surface area (Å²) in [7, 11) is 0. The lowest BCUT2D eigenvalue weighted by atomic mass is 9.72. The van der Waals surface area contributed by atoms with Crippen molar-refractivity contribution in [1.29, 1.82) is 0 Å². The van der Waals surface area contributed by atoms with E-state index in [0.29, 0.717) is 24.1 Å². The van der Waals surface area contributed by atoms with Crippen LogP contribution in [0.4, 0.5) is 0 Å².